The topological polar surface area (TPSA) is 41.1 Å². The summed E-state index contributed by atoms with van der Waals surface area (Å²) in [4.78, 5) is 11.8. The minimum Gasteiger partial charge on any atom is -0.375 e. The molecule has 2 aromatic rings. The van der Waals surface area contributed by atoms with Crippen LogP contribution in [-0.4, -0.2) is 12.5 Å². The lowest BCUT2D eigenvalue weighted by molar-refractivity contribution is -0.114. The Balaban J connectivity index is 1.92. The number of anilines is 2. The molecule has 0 atom stereocenters. The number of carbonyl (C=O) groups excluding carboxylic acids is 1. The van der Waals surface area contributed by atoms with Crippen LogP contribution < -0.4 is 10.6 Å². The first kappa shape index (κ1) is 14.9. The van der Waals surface area contributed by atoms with Crippen LogP contribution in [0.15, 0.2) is 46.9 Å². The molecule has 0 saturated heterocycles. The summed E-state index contributed by atoms with van der Waals surface area (Å²) < 4.78 is 0.866. The van der Waals surface area contributed by atoms with Gasteiger partial charge < -0.3 is 10.6 Å². The van der Waals surface area contributed by atoms with E-state index in [9.17, 15) is 4.79 Å². The van der Waals surface area contributed by atoms with Gasteiger partial charge in [0.15, 0.2) is 0 Å². The monoisotopic (exact) mass is 352 g/mol. The van der Waals surface area contributed by atoms with Crippen LogP contribution in [0.5, 0.6) is 0 Å². The van der Waals surface area contributed by atoms with E-state index in [4.69, 9.17) is 11.6 Å². The molecule has 0 aliphatic heterocycles. The summed E-state index contributed by atoms with van der Waals surface area (Å²) in [7, 11) is 0. The van der Waals surface area contributed by atoms with Gasteiger partial charge >= 0.3 is 0 Å². The molecule has 104 valence electrons. The number of halogens is 2. The quantitative estimate of drug-likeness (QED) is 0.852. The zero-order valence-electron chi connectivity index (χ0n) is 10.9. The number of benzene rings is 2. The van der Waals surface area contributed by atoms with Crippen LogP contribution in [-0.2, 0) is 4.79 Å². The summed E-state index contributed by atoms with van der Waals surface area (Å²) in [5.41, 5.74) is 2.73. The fourth-order valence-electron chi connectivity index (χ4n) is 1.65. The zero-order chi connectivity index (χ0) is 14.5. The van der Waals surface area contributed by atoms with E-state index < -0.39 is 0 Å². The maximum atomic E-state index is 11.8. The molecular weight excluding hydrogens is 340 g/mol. The molecule has 0 radical (unpaired) electrons. The first-order chi connectivity index (χ1) is 9.54. The second kappa shape index (κ2) is 6.77. The second-order valence-electron chi connectivity index (χ2n) is 4.39. The predicted octanol–water partition coefficient (Wildman–Crippen LogP) is 4.46. The molecule has 5 heteroatoms. The van der Waals surface area contributed by atoms with E-state index in [0.29, 0.717) is 5.02 Å². The van der Waals surface area contributed by atoms with Gasteiger partial charge in [0.2, 0.25) is 5.91 Å². The molecule has 3 nitrogen and oxygen atoms in total. The lowest BCUT2D eigenvalue weighted by Crippen LogP contribution is -2.21. The average Bonchev–Trinajstić information content (AvgIpc) is 2.42. The molecule has 2 aromatic carbocycles. The summed E-state index contributed by atoms with van der Waals surface area (Å²) in [6, 6.07) is 13.1. The van der Waals surface area contributed by atoms with Gasteiger partial charge in [-0.15, -0.1) is 0 Å². The van der Waals surface area contributed by atoms with Gasteiger partial charge in [0.25, 0.3) is 0 Å². The standard InChI is InChI=1S/C15H14BrClN2O/c1-10-2-5-12(6-3-10)19-15(20)9-18-14-8-11(17)4-7-13(14)16/h2-8,18H,9H2,1H3,(H,19,20). The van der Waals surface area contributed by atoms with Crippen LogP contribution >= 0.6 is 27.5 Å². The van der Waals surface area contributed by atoms with Crippen molar-refractivity contribution in [3.63, 3.8) is 0 Å². The van der Waals surface area contributed by atoms with Crippen LogP contribution in [0.2, 0.25) is 5.02 Å². The van der Waals surface area contributed by atoms with Crippen molar-refractivity contribution in [2.24, 2.45) is 0 Å². The molecule has 0 fully saturated rings. The van der Waals surface area contributed by atoms with Crippen molar-refractivity contribution in [3.8, 4) is 0 Å². The molecule has 1 amide bonds. The molecule has 20 heavy (non-hydrogen) atoms. The summed E-state index contributed by atoms with van der Waals surface area (Å²) >= 11 is 9.32. The lowest BCUT2D eigenvalue weighted by Gasteiger charge is -2.10. The maximum absolute atomic E-state index is 11.8. The van der Waals surface area contributed by atoms with Crippen molar-refractivity contribution in [1.82, 2.24) is 0 Å². The molecule has 0 aliphatic rings. The molecule has 0 unspecified atom stereocenters. The second-order valence-corrected chi connectivity index (χ2v) is 5.68. The average molecular weight is 354 g/mol. The van der Waals surface area contributed by atoms with Crippen LogP contribution in [0, 0.1) is 6.92 Å². The fraction of sp³-hybridized carbons (Fsp3) is 0.133. The first-order valence-electron chi connectivity index (χ1n) is 6.10. The maximum Gasteiger partial charge on any atom is 0.243 e. The van der Waals surface area contributed by atoms with E-state index in [0.717, 1.165) is 21.4 Å². The van der Waals surface area contributed by atoms with Crippen LogP contribution in [0.25, 0.3) is 0 Å². The number of aryl methyl sites for hydroxylation is 1. The number of hydrogen-bond donors (Lipinski definition) is 2. The molecule has 0 heterocycles. The Morgan fingerprint density at radius 2 is 1.90 bits per heavy atom. The summed E-state index contributed by atoms with van der Waals surface area (Å²) in [6.07, 6.45) is 0. The summed E-state index contributed by atoms with van der Waals surface area (Å²) in [6.45, 7) is 2.18. The first-order valence-corrected chi connectivity index (χ1v) is 7.27. The van der Waals surface area contributed by atoms with Gasteiger partial charge in [-0.1, -0.05) is 29.3 Å². The van der Waals surface area contributed by atoms with Gasteiger partial charge in [-0.25, -0.2) is 0 Å². The van der Waals surface area contributed by atoms with Crippen LogP contribution in [0.1, 0.15) is 5.56 Å². The van der Waals surface area contributed by atoms with Crippen LogP contribution in [0.4, 0.5) is 11.4 Å². The van der Waals surface area contributed by atoms with Crippen molar-refractivity contribution in [2.45, 2.75) is 6.92 Å². The van der Waals surface area contributed by atoms with E-state index in [1.165, 1.54) is 0 Å². The van der Waals surface area contributed by atoms with Crippen LogP contribution in [0.3, 0.4) is 0 Å². The summed E-state index contributed by atoms with van der Waals surface area (Å²) in [5, 5.41) is 6.49. The predicted molar refractivity (Wildman–Crippen MR) is 87.5 cm³/mol. The number of rotatable bonds is 4. The Morgan fingerprint density at radius 3 is 2.60 bits per heavy atom. The number of nitrogens with one attached hydrogen (secondary N) is 2. The molecule has 0 bridgehead atoms. The SMILES string of the molecule is Cc1ccc(NC(=O)CNc2cc(Cl)ccc2Br)cc1. The molecule has 0 spiro atoms. The van der Waals surface area contributed by atoms with Crippen molar-refractivity contribution >= 4 is 44.8 Å². The largest absolute Gasteiger partial charge is 0.375 e. The van der Waals surface area contributed by atoms with Crippen molar-refractivity contribution in [1.29, 1.82) is 0 Å². The zero-order valence-corrected chi connectivity index (χ0v) is 13.3. The normalized spacial score (nSPS) is 10.2. The summed E-state index contributed by atoms with van der Waals surface area (Å²) in [5.74, 6) is -0.110. The number of hydrogen-bond acceptors (Lipinski definition) is 2. The van der Waals surface area contributed by atoms with E-state index in [-0.39, 0.29) is 12.5 Å². The Morgan fingerprint density at radius 1 is 1.20 bits per heavy atom. The van der Waals surface area contributed by atoms with Gasteiger partial charge in [0.1, 0.15) is 0 Å². The van der Waals surface area contributed by atoms with Crippen molar-refractivity contribution in [3.05, 3.63) is 57.5 Å². The third-order valence-corrected chi connectivity index (χ3v) is 3.63. The van der Waals surface area contributed by atoms with Crippen molar-refractivity contribution < 1.29 is 4.79 Å². The smallest absolute Gasteiger partial charge is 0.243 e. The van der Waals surface area contributed by atoms with E-state index >= 15 is 0 Å². The molecular formula is C15H14BrClN2O. The third kappa shape index (κ3) is 4.25. The highest BCUT2D eigenvalue weighted by atomic mass is 79.9. The van der Waals surface area contributed by atoms with E-state index in [1.54, 1.807) is 12.1 Å². The molecule has 0 saturated carbocycles. The van der Waals surface area contributed by atoms with Gasteiger partial charge in [-0.2, -0.15) is 0 Å². The van der Waals surface area contributed by atoms with Gasteiger partial charge in [0.05, 0.1) is 12.2 Å². The van der Waals surface area contributed by atoms with E-state index in [2.05, 4.69) is 26.6 Å². The molecule has 2 N–H and O–H groups in total. The highest BCUT2D eigenvalue weighted by Crippen LogP contribution is 2.25. The fourth-order valence-corrected chi connectivity index (χ4v) is 2.21. The van der Waals surface area contributed by atoms with Gasteiger partial charge in [0, 0.05) is 15.2 Å². The highest BCUT2D eigenvalue weighted by Gasteiger charge is 2.05. The Hall–Kier alpha value is -1.52. The Labute approximate surface area is 131 Å². The molecule has 2 rings (SSSR count). The molecule has 0 aromatic heterocycles. The van der Waals surface area contributed by atoms with Gasteiger partial charge in [-0.3, -0.25) is 4.79 Å². The minimum atomic E-state index is -0.110. The lowest BCUT2D eigenvalue weighted by atomic mass is 10.2. The number of amides is 1. The number of carbonyl (C=O) groups is 1. The Kier molecular flexibility index (Phi) is 5.04. The highest BCUT2D eigenvalue weighted by molar-refractivity contribution is 9.10. The van der Waals surface area contributed by atoms with Crippen molar-refractivity contribution in [2.75, 3.05) is 17.2 Å². The third-order valence-electron chi connectivity index (χ3n) is 2.70. The van der Waals surface area contributed by atoms with E-state index in [1.807, 2.05) is 37.3 Å². The Bertz CT molecular complexity index is 614. The molecule has 0 aliphatic carbocycles. The minimum absolute atomic E-state index is 0.110. The van der Waals surface area contributed by atoms with Gasteiger partial charge in [-0.05, 0) is 53.2 Å².